The number of fused-ring (bicyclic) bond motifs is 1. The molecule has 1 saturated heterocycles. The molecular formula is C22H23ClN8O5S. The van der Waals surface area contributed by atoms with Crippen LogP contribution in [0.3, 0.4) is 0 Å². The summed E-state index contributed by atoms with van der Waals surface area (Å²) in [5, 5.41) is 19.5. The monoisotopic (exact) mass is 546 g/mol. The molecule has 0 unspecified atom stereocenters. The number of aromatic nitrogens is 5. The fourth-order valence-corrected chi connectivity index (χ4v) is 4.52. The molecule has 4 heterocycles. The Hall–Kier alpha value is -3.56. The second-order valence-corrected chi connectivity index (χ2v) is 9.40. The topological polar surface area (TPSA) is 172 Å². The molecule has 1 aliphatic rings. The third-order valence-corrected chi connectivity index (χ3v) is 6.63. The number of halogens is 1. The second kappa shape index (κ2) is 10.8. The summed E-state index contributed by atoms with van der Waals surface area (Å²) in [6.07, 6.45) is 0.510. The van der Waals surface area contributed by atoms with Crippen molar-refractivity contribution in [2.75, 3.05) is 12.4 Å². The number of aliphatic hydroxyl groups excluding tert-OH is 1. The number of hydrogen-bond donors (Lipinski definition) is 4. The van der Waals surface area contributed by atoms with E-state index in [2.05, 4.69) is 30.6 Å². The van der Waals surface area contributed by atoms with Gasteiger partial charge in [0.1, 0.15) is 29.8 Å². The number of benzene rings is 1. The molecule has 4 atom stereocenters. The Kier molecular flexibility index (Phi) is 7.34. The number of imidazole rings is 1. The molecule has 0 bridgehead atoms. The van der Waals surface area contributed by atoms with Crippen molar-refractivity contribution in [2.45, 2.75) is 37.8 Å². The number of amides is 1. The molecule has 37 heavy (non-hydrogen) atoms. The first-order valence-corrected chi connectivity index (χ1v) is 12.4. The Labute approximate surface area is 219 Å². The van der Waals surface area contributed by atoms with Gasteiger partial charge in [0.2, 0.25) is 6.29 Å². The van der Waals surface area contributed by atoms with E-state index < -0.39 is 30.8 Å². The summed E-state index contributed by atoms with van der Waals surface area (Å²) in [6, 6.07) is 4.39. The van der Waals surface area contributed by atoms with Crippen LogP contribution in [0.25, 0.3) is 11.2 Å². The number of carbonyl (C=O) groups excluding carboxylic acids is 1. The summed E-state index contributed by atoms with van der Waals surface area (Å²) >= 11 is 7.74. The van der Waals surface area contributed by atoms with Crippen molar-refractivity contribution in [3.05, 3.63) is 58.0 Å². The zero-order chi connectivity index (χ0) is 25.9. The van der Waals surface area contributed by atoms with Gasteiger partial charge in [-0.15, -0.1) is 11.3 Å². The second-order valence-electron chi connectivity index (χ2n) is 7.98. The Morgan fingerprint density at radius 3 is 2.97 bits per heavy atom. The van der Waals surface area contributed by atoms with Gasteiger partial charge in [-0.2, -0.15) is 0 Å². The number of ether oxygens (including phenoxy) is 3. The molecule has 0 radical (unpaired) electrons. The van der Waals surface area contributed by atoms with Crippen LogP contribution in [0.5, 0.6) is 5.75 Å². The fraction of sp³-hybridized carbons (Fsp3) is 0.318. The lowest BCUT2D eigenvalue weighted by Crippen LogP contribution is -2.42. The molecule has 0 spiro atoms. The van der Waals surface area contributed by atoms with E-state index in [4.69, 9.17) is 31.5 Å². The molecule has 5 N–H and O–H groups in total. The van der Waals surface area contributed by atoms with Gasteiger partial charge in [0.15, 0.2) is 23.2 Å². The highest BCUT2D eigenvalue weighted by Crippen LogP contribution is 2.32. The minimum atomic E-state index is -1.18. The Morgan fingerprint density at radius 1 is 1.32 bits per heavy atom. The van der Waals surface area contributed by atoms with Gasteiger partial charge in [-0.05, 0) is 18.2 Å². The van der Waals surface area contributed by atoms with Crippen LogP contribution in [0.15, 0.2) is 42.4 Å². The molecule has 194 valence electrons. The molecule has 13 nitrogen and oxygen atoms in total. The highest BCUT2D eigenvalue weighted by molar-refractivity contribution is 7.09. The molecule has 1 aliphatic heterocycles. The van der Waals surface area contributed by atoms with E-state index in [-0.39, 0.29) is 0 Å². The summed E-state index contributed by atoms with van der Waals surface area (Å²) in [4.78, 5) is 28.8. The molecule has 4 aromatic rings. The third-order valence-electron chi connectivity index (χ3n) is 5.64. The molecule has 15 heteroatoms. The smallest absolute Gasteiger partial charge is 0.409 e. The summed E-state index contributed by atoms with van der Waals surface area (Å²) in [6.45, 7) is 0.674. The van der Waals surface area contributed by atoms with E-state index in [9.17, 15) is 9.90 Å². The van der Waals surface area contributed by atoms with Crippen molar-refractivity contribution in [2.24, 2.45) is 5.73 Å². The summed E-state index contributed by atoms with van der Waals surface area (Å²) in [5.74, 6) is 1.10. The number of thiazole rings is 1. The van der Waals surface area contributed by atoms with Gasteiger partial charge in [0.05, 0.1) is 12.4 Å². The van der Waals surface area contributed by atoms with Crippen molar-refractivity contribution in [1.29, 1.82) is 0 Å². The Balaban J connectivity index is 1.34. The molecule has 1 aromatic carbocycles. The number of aliphatic hydroxyl groups is 1. The number of hydrogen-bond acceptors (Lipinski definition) is 12. The maximum Gasteiger partial charge on any atom is 0.409 e. The lowest BCUT2D eigenvalue weighted by Gasteiger charge is -2.16. The number of anilines is 1. The molecule has 1 amide bonds. The highest BCUT2D eigenvalue weighted by Gasteiger charge is 2.45. The maximum absolute atomic E-state index is 11.6. The number of rotatable bonds is 8. The summed E-state index contributed by atoms with van der Waals surface area (Å²) < 4.78 is 18.3. The Bertz CT molecular complexity index is 1390. The predicted molar refractivity (Wildman–Crippen MR) is 134 cm³/mol. The van der Waals surface area contributed by atoms with Crippen LogP contribution in [0, 0.1) is 0 Å². The van der Waals surface area contributed by atoms with Crippen molar-refractivity contribution >= 4 is 46.0 Å². The predicted octanol–water partition coefficient (Wildman–Crippen LogP) is 2.03. The van der Waals surface area contributed by atoms with E-state index in [1.165, 1.54) is 35.6 Å². The van der Waals surface area contributed by atoms with Crippen LogP contribution in [-0.4, -0.2) is 61.2 Å². The molecule has 1 fully saturated rings. The molecule has 3 aromatic heterocycles. The van der Waals surface area contributed by atoms with Gasteiger partial charge in [-0.1, -0.05) is 11.6 Å². The zero-order valence-corrected chi connectivity index (χ0v) is 21.0. The number of nitrogens with two attached hydrogens (primary N) is 1. The van der Waals surface area contributed by atoms with Crippen LogP contribution in [0.1, 0.15) is 16.8 Å². The molecule has 5 rings (SSSR count). The molecule has 0 aliphatic carbocycles. The van der Waals surface area contributed by atoms with Gasteiger partial charge in [-0.25, -0.2) is 24.7 Å². The molecular weight excluding hydrogens is 524 g/mol. The van der Waals surface area contributed by atoms with E-state index in [0.29, 0.717) is 40.9 Å². The van der Waals surface area contributed by atoms with Crippen LogP contribution >= 0.6 is 22.9 Å². The van der Waals surface area contributed by atoms with Gasteiger partial charge < -0.3 is 35.7 Å². The standard InChI is InChI=1S/C22H23ClN8O5S/c1-25-22(33)36-21-15(24)17(32)20(35-21)31-10-30-16-18(28-9-29-19(16)31)27-7-11-6-12(23)2-3-13(11)34-8-14-26-4-5-37-14/h2-6,9-10,15,17,20-21,32H,7-8,24H2,1H3,(H,25,33)(H,27,28,29)/t15-,17+,20+,21-/m0/s1. The third kappa shape index (κ3) is 5.28. The lowest BCUT2D eigenvalue weighted by molar-refractivity contribution is -0.125. The molecule has 0 saturated carbocycles. The number of nitrogens with zero attached hydrogens (tertiary/aromatic N) is 5. The van der Waals surface area contributed by atoms with Gasteiger partial charge >= 0.3 is 6.09 Å². The number of alkyl carbamates (subject to hydrolysis) is 1. The number of nitrogens with one attached hydrogen (secondary N) is 2. The van der Waals surface area contributed by atoms with E-state index in [1.807, 2.05) is 5.38 Å². The highest BCUT2D eigenvalue weighted by atomic mass is 35.5. The fourth-order valence-electron chi connectivity index (χ4n) is 3.80. The normalized spacial score (nSPS) is 21.2. The van der Waals surface area contributed by atoms with Crippen molar-refractivity contribution in [3.8, 4) is 5.75 Å². The first-order chi connectivity index (χ1) is 17.9. The van der Waals surface area contributed by atoms with Crippen LogP contribution in [0.4, 0.5) is 10.6 Å². The van der Waals surface area contributed by atoms with E-state index in [0.717, 1.165) is 10.6 Å². The Morgan fingerprint density at radius 2 is 2.19 bits per heavy atom. The summed E-state index contributed by atoms with van der Waals surface area (Å²) in [5.41, 5.74) is 7.64. The zero-order valence-electron chi connectivity index (χ0n) is 19.4. The van der Waals surface area contributed by atoms with Crippen LogP contribution in [0.2, 0.25) is 5.02 Å². The van der Waals surface area contributed by atoms with Crippen LogP contribution < -0.4 is 21.1 Å². The van der Waals surface area contributed by atoms with Crippen molar-refractivity contribution < 1.29 is 24.1 Å². The average Bonchev–Trinajstić information content (AvgIpc) is 3.63. The van der Waals surface area contributed by atoms with E-state index in [1.54, 1.807) is 24.4 Å². The van der Waals surface area contributed by atoms with Gasteiger partial charge in [0.25, 0.3) is 0 Å². The minimum absolute atomic E-state index is 0.336. The average molecular weight is 547 g/mol. The number of carbonyl (C=O) groups is 1. The largest absolute Gasteiger partial charge is 0.486 e. The van der Waals surface area contributed by atoms with Gasteiger partial charge in [-0.3, -0.25) is 4.57 Å². The SMILES string of the molecule is CNC(=O)O[C@@H]1O[C@@H](n2cnc3c(NCc4cc(Cl)ccc4OCc4nccs4)ncnc32)[C@H](O)[C@@H]1N. The van der Waals surface area contributed by atoms with Gasteiger partial charge in [0, 0.05) is 35.8 Å². The first kappa shape index (κ1) is 25.1. The van der Waals surface area contributed by atoms with Crippen molar-refractivity contribution in [1.82, 2.24) is 29.8 Å². The maximum atomic E-state index is 11.6. The first-order valence-electron chi connectivity index (χ1n) is 11.1. The van der Waals surface area contributed by atoms with Crippen molar-refractivity contribution in [3.63, 3.8) is 0 Å². The minimum Gasteiger partial charge on any atom is -0.486 e. The van der Waals surface area contributed by atoms with Crippen LogP contribution in [-0.2, 0) is 22.6 Å². The van der Waals surface area contributed by atoms with E-state index >= 15 is 0 Å². The quantitative estimate of drug-likeness (QED) is 0.255. The summed E-state index contributed by atoms with van der Waals surface area (Å²) in [7, 11) is 1.41. The lowest BCUT2D eigenvalue weighted by atomic mass is 10.2.